The number of aromatic amines is 1. The number of fused-ring (bicyclic) bond motifs is 3. The molecular formula is C15H19BrN4OS2. The number of likely N-dealkylation sites (N-methyl/N-ethyl adjacent to an activating group) is 1. The second kappa shape index (κ2) is 7.38. The van der Waals surface area contributed by atoms with Gasteiger partial charge in [-0.3, -0.25) is 9.89 Å². The Bertz CT molecular complexity index is 708. The molecule has 3 rings (SSSR count). The molecule has 1 aliphatic heterocycles. The Morgan fingerprint density at radius 3 is 3.00 bits per heavy atom. The molecule has 5 nitrogen and oxygen atoms in total. The number of hydrogen-bond donors (Lipinski definition) is 2. The second-order valence-corrected chi connectivity index (χ2v) is 8.92. The first-order valence-electron chi connectivity index (χ1n) is 7.64. The number of thioether (sulfide) groups is 1. The van der Waals surface area contributed by atoms with E-state index in [1.165, 1.54) is 4.21 Å². The van der Waals surface area contributed by atoms with Crippen LogP contribution >= 0.6 is 39.0 Å². The molecule has 124 valence electrons. The highest BCUT2D eigenvalue weighted by Crippen LogP contribution is 2.47. The van der Waals surface area contributed by atoms with Crippen LogP contribution in [0.5, 0.6) is 0 Å². The fourth-order valence-corrected chi connectivity index (χ4v) is 5.83. The molecule has 0 spiro atoms. The summed E-state index contributed by atoms with van der Waals surface area (Å²) >= 11 is 7.00. The summed E-state index contributed by atoms with van der Waals surface area (Å²) < 4.78 is 2.35. The van der Waals surface area contributed by atoms with E-state index < -0.39 is 0 Å². The van der Waals surface area contributed by atoms with Crippen molar-refractivity contribution in [3.8, 4) is 11.3 Å². The van der Waals surface area contributed by atoms with Crippen LogP contribution in [-0.2, 0) is 5.75 Å². The van der Waals surface area contributed by atoms with Crippen LogP contribution in [0.2, 0.25) is 0 Å². The second-order valence-electron chi connectivity index (χ2n) is 5.25. The van der Waals surface area contributed by atoms with E-state index in [9.17, 15) is 4.79 Å². The molecule has 3 heterocycles. The number of rotatable bonds is 6. The number of hydrogen-bond acceptors (Lipinski definition) is 5. The molecule has 0 atom stereocenters. The van der Waals surface area contributed by atoms with Gasteiger partial charge in [0, 0.05) is 30.0 Å². The first kappa shape index (κ1) is 17.0. The Labute approximate surface area is 152 Å². The van der Waals surface area contributed by atoms with E-state index in [2.05, 4.69) is 56.3 Å². The number of nitrogens with one attached hydrogen (secondary N) is 2. The van der Waals surface area contributed by atoms with Crippen LogP contribution in [0, 0.1) is 0 Å². The van der Waals surface area contributed by atoms with Crippen LogP contribution in [0.25, 0.3) is 11.3 Å². The molecule has 0 aromatic carbocycles. The summed E-state index contributed by atoms with van der Waals surface area (Å²) in [6.45, 7) is 7.77. The fourth-order valence-electron chi connectivity index (χ4n) is 2.63. The van der Waals surface area contributed by atoms with Crippen molar-refractivity contribution in [2.75, 3.05) is 26.2 Å². The molecule has 0 fully saturated rings. The Hall–Kier alpha value is -0.830. The lowest BCUT2D eigenvalue weighted by atomic mass is 10.1. The summed E-state index contributed by atoms with van der Waals surface area (Å²) in [6.07, 6.45) is 0. The van der Waals surface area contributed by atoms with Crippen molar-refractivity contribution in [2.45, 2.75) is 23.8 Å². The molecule has 2 N–H and O–H groups in total. The zero-order chi connectivity index (χ0) is 16.4. The minimum atomic E-state index is -0.0655. The van der Waals surface area contributed by atoms with E-state index in [1.807, 2.05) is 0 Å². The SMILES string of the molecule is CCN(CC)CCNC(=O)c1[nH]nc2c1CSc1sc(Br)cc1-2. The molecule has 0 radical (unpaired) electrons. The van der Waals surface area contributed by atoms with E-state index in [0.29, 0.717) is 12.2 Å². The topological polar surface area (TPSA) is 61.0 Å². The minimum Gasteiger partial charge on any atom is -0.349 e. The first-order chi connectivity index (χ1) is 11.1. The monoisotopic (exact) mass is 414 g/mol. The summed E-state index contributed by atoms with van der Waals surface area (Å²) in [6, 6.07) is 2.08. The van der Waals surface area contributed by atoms with Crippen LogP contribution in [0.1, 0.15) is 29.9 Å². The number of carbonyl (C=O) groups is 1. The van der Waals surface area contributed by atoms with Crippen LogP contribution < -0.4 is 5.32 Å². The molecule has 23 heavy (non-hydrogen) atoms. The maximum absolute atomic E-state index is 12.4. The van der Waals surface area contributed by atoms with Crippen LogP contribution in [0.3, 0.4) is 0 Å². The van der Waals surface area contributed by atoms with Crippen LogP contribution in [0.15, 0.2) is 14.1 Å². The predicted molar refractivity (Wildman–Crippen MR) is 99.3 cm³/mol. The molecule has 0 saturated heterocycles. The number of thiophene rings is 1. The summed E-state index contributed by atoms with van der Waals surface area (Å²) in [5.41, 5.74) is 3.63. The van der Waals surface area contributed by atoms with Gasteiger partial charge in [-0.2, -0.15) is 5.10 Å². The summed E-state index contributed by atoms with van der Waals surface area (Å²) in [4.78, 5) is 14.7. The van der Waals surface area contributed by atoms with Gasteiger partial charge in [-0.15, -0.1) is 23.1 Å². The lowest BCUT2D eigenvalue weighted by Crippen LogP contribution is -2.35. The zero-order valence-electron chi connectivity index (χ0n) is 13.1. The van der Waals surface area contributed by atoms with Gasteiger partial charge in [-0.1, -0.05) is 13.8 Å². The maximum atomic E-state index is 12.4. The largest absolute Gasteiger partial charge is 0.349 e. The van der Waals surface area contributed by atoms with Gasteiger partial charge in [0.15, 0.2) is 0 Å². The zero-order valence-corrected chi connectivity index (χ0v) is 16.3. The van der Waals surface area contributed by atoms with Crippen LogP contribution in [-0.4, -0.2) is 47.2 Å². The van der Waals surface area contributed by atoms with E-state index in [0.717, 1.165) is 46.0 Å². The Balaban J connectivity index is 1.71. The predicted octanol–water partition coefficient (Wildman–Crippen LogP) is 3.58. The molecular weight excluding hydrogens is 396 g/mol. The third kappa shape index (κ3) is 3.50. The molecule has 0 aliphatic carbocycles. The highest BCUT2D eigenvalue weighted by Gasteiger charge is 2.27. The Morgan fingerprint density at radius 2 is 2.26 bits per heavy atom. The Morgan fingerprint density at radius 1 is 1.48 bits per heavy atom. The van der Waals surface area contributed by atoms with Crippen molar-refractivity contribution in [3.05, 3.63) is 21.1 Å². The summed E-state index contributed by atoms with van der Waals surface area (Å²) in [7, 11) is 0. The van der Waals surface area contributed by atoms with Crippen molar-refractivity contribution in [2.24, 2.45) is 0 Å². The molecule has 2 aromatic rings. The van der Waals surface area contributed by atoms with Crippen LogP contribution in [0.4, 0.5) is 0 Å². The highest BCUT2D eigenvalue weighted by molar-refractivity contribution is 9.11. The summed E-state index contributed by atoms with van der Waals surface area (Å²) in [5, 5.41) is 10.3. The van der Waals surface area contributed by atoms with Crippen molar-refractivity contribution >= 4 is 44.9 Å². The maximum Gasteiger partial charge on any atom is 0.269 e. The molecule has 1 amide bonds. The number of H-pyrrole nitrogens is 1. The average molecular weight is 415 g/mol. The van der Waals surface area contributed by atoms with Gasteiger partial charge >= 0.3 is 0 Å². The van der Waals surface area contributed by atoms with E-state index in [-0.39, 0.29) is 5.91 Å². The number of nitrogens with zero attached hydrogens (tertiary/aromatic N) is 2. The standard InChI is InChI=1S/C15H19BrN4OS2/c1-3-20(4-2)6-5-17-14(21)13-10-8-22-15-9(7-11(16)23-15)12(10)18-19-13/h7H,3-6,8H2,1-2H3,(H,17,21)(H,18,19). The Kier molecular flexibility index (Phi) is 5.45. The van der Waals surface area contributed by atoms with E-state index in [4.69, 9.17) is 0 Å². The molecule has 1 aliphatic rings. The van der Waals surface area contributed by atoms with E-state index in [1.54, 1.807) is 23.1 Å². The third-order valence-corrected chi connectivity index (χ3v) is 6.92. The average Bonchev–Trinajstić information content (AvgIpc) is 3.13. The van der Waals surface area contributed by atoms with Gasteiger partial charge in [0.1, 0.15) is 5.69 Å². The lowest BCUT2D eigenvalue weighted by molar-refractivity contribution is 0.0943. The molecule has 0 unspecified atom stereocenters. The van der Waals surface area contributed by atoms with Gasteiger partial charge in [0.2, 0.25) is 0 Å². The van der Waals surface area contributed by atoms with Gasteiger partial charge in [-0.25, -0.2) is 0 Å². The van der Waals surface area contributed by atoms with Gasteiger partial charge in [-0.05, 0) is 35.1 Å². The molecule has 8 heteroatoms. The third-order valence-electron chi connectivity index (χ3n) is 3.97. The van der Waals surface area contributed by atoms with Crippen molar-refractivity contribution in [1.82, 2.24) is 20.4 Å². The first-order valence-corrected chi connectivity index (χ1v) is 10.2. The smallest absolute Gasteiger partial charge is 0.269 e. The fraction of sp³-hybridized carbons (Fsp3) is 0.467. The van der Waals surface area contributed by atoms with Crippen molar-refractivity contribution in [1.29, 1.82) is 0 Å². The molecule has 0 bridgehead atoms. The normalized spacial score (nSPS) is 13.0. The number of aromatic nitrogens is 2. The van der Waals surface area contributed by atoms with Gasteiger partial charge < -0.3 is 10.2 Å². The van der Waals surface area contributed by atoms with Crippen molar-refractivity contribution < 1.29 is 4.79 Å². The van der Waals surface area contributed by atoms with Crippen molar-refractivity contribution in [3.63, 3.8) is 0 Å². The number of halogens is 1. The van der Waals surface area contributed by atoms with E-state index >= 15 is 0 Å². The quantitative estimate of drug-likeness (QED) is 0.757. The van der Waals surface area contributed by atoms with Gasteiger partial charge in [0.05, 0.1) is 13.7 Å². The molecule has 2 aromatic heterocycles. The minimum absolute atomic E-state index is 0.0655. The number of amides is 1. The lowest BCUT2D eigenvalue weighted by Gasteiger charge is -2.18. The van der Waals surface area contributed by atoms with Gasteiger partial charge in [0.25, 0.3) is 5.91 Å². The highest BCUT2D eigenvalue weighted by atomic mass is 79.9. The molecule has 0 saturated carbocycles. The number of carbonyl (C=O) groups excluding carboxylic acids is 1. The summed E-state index contributed by atoms with van der Waals surface area (Å²) in [5.74, 6) is 0.717.